The van der Waals surface area contributed by atoms with Crippen LogP contribution in [0.1, 0.15) is 18.9 Å². The van der Waals surface area contributed by atoms with Crippen molar-refractivity contribution in [1.82, 2.24) is 24.6 Å². The first kappa shape index (κ1) is 20.9. The number of carboxylic acids is 1. The van der Waals surface area contributed by atoms with Crippen LogP contribution in [0, 0.1) is 0 Å². The summed E-state index contributed by atoms with van der Waals surface area (Å²) in [5, 5.41) is 14.7. The van der Waals surface area contributed by atoms with Crippen molar-refractivity contribution in [3.8, 4) is 22.8 Å². The predicted octanol–water partition coefficient (Wildman–Crippen LogP) is 3.59. The number of nitrogen functional groups attached to an aromatic ring is 1. The second-order valence-corrected chi connectivity index (χ2v) is 8.09. The number of hydrogen-bond donors (Lipinski definition) is 2. The number of hydrogen-bond acceptors (Lipinski definition) is 7. The van der Waals surface area contributed by atoms with Crippen molar-refractivity contribution >= 4 is 22.8 Å². The molecule has 1 saturated heterocycles. The molecule has 1 aliphatic heterocycles. The molecule has 0 unspecified atom stereocenters. The molecule has 4 aromatic rings. The average Bonchev–Trinajstić information content (AvgIpc) is 3.21. The highest BCUT2D eigenvalue weighted by Crippen LogP contribution is 2.35. The Morgan fingerprint density at radius 1 is 1.03 bits per heavy atom. The topological polar surface area (TPSA) is 119 Å². The summed E-state index contributed by atoms with van der Waals surface area (Å²) in [5.41, 5.74) is 8.55. The zero-order chi connectivity index (χ0) is 22.8. The van der Waals surface area contributed by atoms with Crippen LogP contribution in [-0.4, -0.2) is 55.4 Å². The minimum Gasteiger partial charge on any atom is -0.480 e. The Bertz CT molecular complexity index is 1260. The summed E-state index contributed by atoms with van der Waals surface area (Å²) >= 11 is 0. The van der Waals surface area contributed by atoms with Gasteiger partial charge in [0, 0.05) is 18.7 Å². The van der Waals surface area contributed by atoms with E-state index in [4.69, 9.17) is 20.7 Å². The summed E-state index contributed by atoms with van der Waals surface area (Å²) < 4.78 is 7.82. The van der Waals surface area contributed by atoms with Crippen LogP contribution >= 0.6 is 0 Å². The molecule has 2 aromatic carbocycles. The largest absolute Gasteiger partial charge is 0.480 e. The maximum atomic E-state index is 11.0. The SMILES string of the molecule is Nc1ncnc2c1c(-c1ccc(Oc3ccccc3)cc1)nn2C1CCN(CC(=O)O)CC1. The molecule has 0 spiro atoms. The molecule has 0 radical (unpaired) electrons. The number of likely N-dealkylation sites (tertiary alicyclic amines) is 1. The highest BCUT2D eigenvalue weighted by Gasteiger charge is 2.26. The number of fused-ring (bicyclic) bond motifs is 1. The Kier molecular flexibility index (Phi) is 5.62. The average molecular weight is 444 g/mol. The molecule has 33 heavy (non-hydrogen) atoms. The number of aliphatic carboxylic acids is 1. The lowest BCUT2D eigenvalue weighted by Crippen LogP contribution is -2.38. The zero-order valence-electron chi connectivity index (χ0n) is 18.0. The van der Waals surface area contributed by atoms with Gasteiger partial charge in [0.2, 0.25) is 0 Å². The number of nitrogens with zero attached hydrogens (tertiary/aromatic N) is 5. The Hall–Kier alpha value is -3.98. The minimum atomic E-state index is -0.805. The fourth-order valence-corrected chi connectivity index (χ4v) is 4.27. The van der Waals surface area contributed by atoms with Gasteiger partial charge in [-0.3, -0.25) is 9.69 Å². The van der Waals surface area contributed by atoms with Crippen LogP contribution in [0.25, 0.3) is 22.3 Å². The molecule has 1 fully saturated rings. The third kappa shape index (κ3) is 4.35. The number of benzene rings is 2. The quantitative estimate of drug-likeness (QED) is 0.463. The Balaban J connectivity index is 1.44. The van der Waals surface area contributed by atoms with E-state index in [-0.39, 0.29) is 12.6 Å². The Morgan fingerprint density at radius 3 is 2.42 bits per heavy atom. The molecule has 168 valence electrons. The van der Waals surface area contributed by atoms with Gasteiger partial charge >= 0.3 is 5.97 Å². The van der Waals surface area contributed by atoms with Crippen molar-refractivity contribution in [3.63, 3.8) is 0 Å². The van der Waals surface area contributed by atoms with E-state index in [0.717, 1.165) is 41.0 Å². The summed E-state index contributed by atoms with van der Waals surface area (Å²) in [4.78, 5) is 21.6. The smallest absolute Gasteiger partial charge is 0.317 e. The maximum Gasteiger partial charge on any atom is 0.317 e. The van der Waals surface area contributed by atoms with Gasteiger partial charge < -0.3 is 15.6 Å². The molecule has 0 aliphatic carbocycles. The monoisotopic (exact) mass is 444 g/mol. The van der Waals surface area contributed by atoms with Crippen LogP contribution in [-0.2, 0) is 4.79 Å². The van der Waals surface area contributed by atoms with Crippen LogP contribution in [0.4, 0.5) is 5.82 Å². The lowest BCUT2D eigenvalue weighted by Gasteiger charge is -2.30. The number of aromatic nitrogens is 4. The van der Waals surface area contributed by atoms with E-state index < -0.39 is 5.97 Å². The molecule has 9 heteroatoms. The third-order valence-corrected chi connectivity index (χ3v) is 5.89. The van der Waals surface area contributed by atoms with Gasteiger partial charge in [-0.25, -0.2) is 14.6 Å². The van der Waals surface area contributed by atoms with Gasteiger partial charge in [-0.2, -0.15) is 5.10 Å². The van der Waals surface area contributed by atoms with E-state index in [1.54, 1.807) is 0 Å². The lowest BCUT2D eigenvalue weighted by molar-refractivity contribution is -0.138. The zero-order valence-corrected chi connectivity index (χ0v) is 18.0. The van der Waals surface area contributed by atoms with Gasteiger partial charge in [0.15, 0.2) is 5.65 Å². The summed E-state index contributed by atoms with van der Waals surface area (Å²) in [6.07, 6.45) is 3.03. The number of piperidine rings is 1. The summed E-state index contributed by atoms with van der Waals surface area (Å²) in [6, 6.07) is 17.4. The van der Waals surface area contributed by atoms with Gasteiger partial charge in [0.1, 0.15) is 29.3 Å². The Labute approximate surface area is 190 Å². The van der Waals surface area contributed by atoms with Crippen molar-refractivity contribution in [3.05, 3.63) is 60.9 Å². The van der Waals surface area contributed by atoms with E-state index >= 15 is 0 Å². The van der Waals surface area contributed by atoms with Crippen LogP contribution in [0.3, 0.4) is 0 Å². The summed E-state index contributed by atoms with van der Waals surface area (Å²) in [5.74, 6) is 1.07. The number of rotatable bonds is 6. The Morgan fingerprint density at radius 2 is 1.73 bits per heavy atom. The number of carbonyl (C=O) groups is 1. The second-order valence-electron chi connectivity index (χ2n) is 8.09. The fourth-order valence-electron chi connectivity index (χ4n) is 4.27. The second kappa shape index (κ2) is 8.87. The molecule has 9 nitrogen and oxygen atoms in total. The van der Waals surface area contributed by atoms with Gasteiger partial charge in [0.25, 0.3) is 0 Å². The molecule has 0 saturated carbocycles. The van der Waals surface area contributed by atoms with Gasteiger partial charge in [0.05, 0.1) is 18.0 Å². The van der Waals surface area contributed by atoms with Crippen LogP contribution < -0.4 is 10.5 Å². The fraction of sp³-hybridized carbons (Fsp3) is 0.250. The summed E-state index contributed by atoms with van der Waals surface area (Å²) in [6.45, 7) is 1.45. The van der Waals surface area contributed by atoms with E-state index in [9.17, 15) is 4.79 Å². The first-order valence-corrected chi connectivity index (χ1v) is 10.8. The highest BCUT2D eigenvalue weighted by atomic mass is 16.5. The molecule has 2 aromatic heterocycles. The molecular weight excluding hydrogens is 420 g/mol. The van der Waals surface area contributed by atoms with Crippen LogP contribution in [0.15, 0.2) is 60.9 Å². The molecule has 0 bridgehead atoms. The van der Waals surface area contributed by atoms with E-state index in [1.165, 1.54) is 6.33 Å². The maximum absolute atomic E-state index is 11.0. The number of para-hydroxylation sites is 1. The van der Waals surface area contributed by atoms with Gasteiger partial charge in [-0.1, -0.05) is 18.2 Å². The first-order chi connectivity index (χ1) is 16.1. The van der Waals surface area contributed by atoms with E-state index in [0.29, 0.717) is 24.6 Å². The standard InChI is InChI=1S/C24H24N6O3/c25-23-21-22(16-6-8-19(9-7-16)33-18-4-2-1-3-5-18)28-30(24(21)27-15-26-23)17-10-12-29(13-11-17)14-20(31)32/h1-9,15,17H,10-14H2,(H,31,32)(H2,25,26,27). The van der Waals surface area contributed by atoms with E-state index in [1.807, 2.05) is 64.2 Å². The lowest BCUT2D eigenvalue weighted by atomic mass is 10.1. The van der Waals surface area contributed by atoms with Crippen molar-refractivity contribution < 1.29 is 14.6 Å². The molecule has 1 aliphatic rings. The van der Waals surface area contributed by atoms with E-state index in [2.05, 4.69) is 9.97 Å². The molecule has 0 atom stereocenters. The highest BCUT2D eigenvalue weighted by molar-refractivity contribution is 5.98. The third-order valence-electron chi connectivity index (χ3n) is 5.89. The van der Waals surface area contributed by atoms with Gasteiger partial charge in [-0.05, 0) is 49.2 Å². The van der Waals surface area contributed by atoms with Crippen molar-refractivity contribution in [2.45, 2.75) is 18.9 Å². The summed E-state index contributed by atoms with van der Waals surface area (Å²) in [7, 11) is 0. The number of carboxylic acid groups (broad SMARTS) is 1. The van der Waals surface area contributed by atoms with Crippen molar-refractivity contribution in [1.29, 1.82) is 0 Å². The number of anilines is 1. The molecular formula is C24H24N6O3. The van der Waals surface area contributed by atoms with Crippen LogP contribution in [0.2, 0.25) is 0 Å². The molecule has 5 rings (SSSR count). The van der Waals surface area contributed by atoms with Crippen molar-refractivity contribution in [2.24, 2.45) is 0 Å². The number of ether oxygens (including phenoxy) is 1. The molecule has 0 amide bonds. The molecule has 3 heterocycles. The van der Waals surface area contributed by atoms with Crippen molar-refractivity contribution in [2.75, 3.05) is 25.4 Å². The predicted molar refractivity (Wildman–Crippen MR) is 124 cm³/mol. The van der Waals surface area contributed by atoms with Crippen LogP contribution in [0.5, 0.6) is 11.5 Å². The van der Waals surface area contributed by atoms with Gasteiger partial charge in [-0.15, -0.1) is 0 Å². The normalized spacial score (nSPS) is 15.0. The first-order valence-electron chi connectivity index (χ1n) is 10.8. The minimum absolute atomic E-state index is 0.0599. The molecule has 3 N–H and O–H groups in total. The number of nitrogens with two attached hydrogens (primary N) is 1.